The Morgan fingerprint density at radius 1 is 1.17 bits per heavy atom. The molecule has 2 aromatic heterocycles. The summed E-state index contributed by atoms with van der Waals surface area (Å²) in [6.45, 7) is 5.22. The van der Waals surface area contributed by atoms with E-state index in [2.05, 4.69) is 47.1 Å². The van der Waals surface area contributed by atoms with Crippen LogP contribution in [0.15, 0.2) is 77.7 Å². The van der Waals surface area contributed by atoms with Crippen LogP contribution < -0.4 is 4.90 Å². The zero-order chi connectivity index (χ0) is 20.1. The molecule has 3 heterocycles. The maximum absolute atomic E-state index is 13.3. The van der Waals surface area contributed by atoms with E-state index >= 15 is 0 Å². The van der Waals surface area contributed by atoms with E-state index < -0.39 is 0 Å². The van der Waals surface area contributed by atoms with E-state index in [1.165, 1.54) is 11.8 Å². The number of hydrogen-bond acceptors (Lipinski definition) is 4. The van der Waals surface area contributed by atoms with Crippen LogP contribution in [-0.2, 0) is 6.42 Å². The summed E-state index contributed by atoms with van der Waals surface area (Å²) in [6.07, 6.45) is 6.77. The molecule has 0 spiro atoms. The molecule has 0 bridgehead atoms. The largest absolute Gasteiger partial charge is 0.472 e. The lowest BCUT2D eigenvalue weighted by Crippen LogP contribution is -2.53. The van der Waals surface area contributed by atoms with Gasteiger partial charge in [-0.25, -0.2) is 4.98 Å². The number of likely N-dealkylation sites (tertiary alicyclic amines) is 1. The third kappa shape index (κ3) is 4.57. The summed E-state index contributed by atoms with van der Waals surface area (Å²) < 4.78 is 5.15. The van der Waals surface area contributed by atoms with E-state index in [4.69, 9.17) is 4.42 Å². The van der Waals surface area contributed by atoms with E-state index in [9.17, 15) is 4.79 Å². The van der Waals surface area contributed by atoms with Gasteiger partial charge in [-0.1, -0.05) is 43.3 Å². The molecule has 0 aliphatic carbocycles. The Bertz CT molecular complexity index is 896. The van der Waals surface area contributed by atoms with E-state index in [1.54, 1.807) is 18.5 Å². The van der Waals surface area contributed by atoms with Crippen molar-refractivity contribution in [1.29, 1.82) is 0 Å². The highest BCUT2D eigenvalue weighted by atomic mass is 16.3. The minimum absolute atomic E-state index is 0.0490. The Kier molecular flexibility index (Phi) is 6.06. The summed E-state index contributed by atoms with van der Waals surface area (Å²) in [5.41, 5.74) is 1.93. The van der Waals surface area contributed by atoms with Crippen molar-refractivity contribution in [2.45, 2.75) is 25.8 Å². The van der Waals surface area contributed by atoms with E-state index in [0.29, 0.717) is 17.3 Å². The molecule has 0 N–H and O–H groups in total. The van der Waals surface area contributed by atoms with E-state index in [1.807, 2.05) is 23.1 Å². The molecule has 1 aliphatic rings. The molecule has 2 atom stereocenters. The van der Waals surface area contributed by atoms with Crippen molar-refractivity contribution >= 4 is 11.7 Å². The average Bonchev–Trinajstić information content (AvgIpc) is 3.30. The summed E-state index contributed by atoms with van der Waals surface area (Å²) in [5, 5.41) is 0. The van der Waals surface area contributed by atoms with Crippen LogP contribution in [0, 0.1) is 5.92 Å². The Hall–Kier alpha value is -2.92. The van der Waals surface area contributed by atoms with Crippen molar-refractivity contribution in [1.82, 2.24) is 9.88 Å². The minimum Gasteiger partial charge on any atom is -0.472 e. The number of piperidine rings is 1. The highest BCUT2D eigenvalue weighted by molar-refractivity contribution is 6.05. The molecule has 0 radical (unpaired) electrons. The van der Waals surface area contributed by atoms with Crippen LogP contribution in [-0.4, -0.2) is 41.5 Å². The van der Waals surface area contributed by atoms with Gasteiger partial charge in [0.1, 0.15) is 12.1 Å². The van der Waals surface area contributed by atoms with Gasteiger partial charge in [-0.2, -0.15) is 0 Å². The summed E-state index contributed by atoms with van der Waals surface area (Å²) in [6, 6.07) is 18.2. The fourth-order valence-electron chi connectivity index (χ4n) is 4.18. The second kappa shape index (κ2) is 9.05. The zero-order valence-corrected chi connectivity index (χ0v) is 16.8. The van der Waals surface area contributed by atoms with Gasteiger partial charge in [-0.05, 0) is 42.5 Å². The number of amides is 1. The summed E-state index contributed by atoms with van der Waals surface area (Å²) in [4.78, 5) is 22.1. The molecule has 4 rings (SSSR count). The van der Waals surface area contributed by atoms with Gasteiger partial charge < -0.3 is 9.32 Å². The Morgan fingerprint density at radius 2 is 2.00 bits per heavy atom. The molecule has 0 unspecified atom stereocenters. The number of hydrogen-bond donors (Lipinski definition) is 0. The Balaban J connectivity index is 1.47. The SMILES string of the molecule is C[C@@H]1CN(CCc2ccccc2)CC[C@@H]1N(C(=O)c1ccoc1)c1ccccn1. The van der Waals surface area contributed by atoms with Crippen LogP contribution in [0.2, 0.25) is 0 Å². The van der Waals surface area contributed by atoms with Crippen LogP contribution in [0.4, 0.5) is 5.82 Å². The second-order valence-electron chi connectivity index (χ2n) is 7.74. The van der Waals surface area contributed by atoms with Crippen LogP contribution in [0.3, 0.4) is 0 Å². The molecule has 1 amide bonds. The van der Waals surface area contributed by atoms with Crippen molar-refractivity contribution in [2.75, 3.05) is 24.5 Å². The highest BCUT2D eigenvalue weighted by Crippen LogP contribution is 2.28. The summed E-state index contributed by atoms with van der Waals surface area (Å²) in [7, 11) is 0. The number of pyridine rings is 1. The van der Waals surface area contributed by atoms with Gasteiger partial charge in [0.25, 0.3) is 5.91 Å². The molecule has 1 aromatic carbocycles. The topological polar surface area (TPSA) is 49.6 Å². The van der Waals surface area contributed by atoms with Gasteiger partial charge in [0.05, 0.1) is 11.8 Å². The maximum atomic E-state index is 13.3. The van der Waals surface area contributed by atoms with Crippen molar-refractivity contribution in [3.8, 4) is 0 Å². The lowest BCUT2D eigenvalue weighted by atomic mass is 9.91. The molecule has 5 heteroatoms. The average molecular weight is 389 g/mol. The highest BCUT2D eigenvalue weighted by Gasteiger charge is 2.35. The normalized spacial score (nSPS) is 19.8. The molecular formula is C24H27N3O2. The van der Waals surface area contributed by atoms with E-state index in [0.717, 1.165) is 32.5 Å². The van der Waals surface area contributed by atoms with Crippen molar-refractivity contribution in [2.24, 2.45) is 5.92 Å². The third-order valence-corrected chi connectivity index (χ3v) is 5.72. The second-order valence-corrected chi connectivity index (χ2v) is 7.74. The molecular weight excluding hydrogens is 362 g/mol. The first-order valence-corrected chi connectivity index (χ1v) is 10.3. The van der Waals surface area contributed by atoms with Gasteiger partial charge in [0.15, 0.2) is 0 Å². The molecule has 5 nitrogen and oxygen atoms in total. The quantitative estimate of drug-likeness (QED) is 0.632. The predicted octanol–water partition coefficient (Wildman–Crippen LogP) is 4.27. The molecule has 150 valence electrons. The van der Waals surface area contributed by atoms with Gasteiger partial charge in [-0.3, -0.25) is 9.69 Å². The summed E-state index contributed by atoms with van der Waals surface area (Å²) in [5.74, 6) is 0.998. The van der Waals surface area contributed by atoms with Gasteiger partial charge in [-0.15, -0.1) is 0 Å². The number of carbonyl (C=O) groups excluding carboxylic acids is 1. The fourth-order valence-corrected chi connectivity index (χ4v) is 4.18. The number of carbonyl (C=O) groups is 1. The lowest BCUT2D eigenvalue weighted by molar-refractivity contribution is 0.0931. The number of rotatable bonds is 6. The maximum Gasteiger partial charge on any atom is 0.262 e. The van der Waals surface area contributed by atoms with Gasteiger partial charge in [0.2, 0.25) is 0 Å². The number of furan rings is 1. The van der Waals surface area contributed by atoms with Crippen LogP contribution >= 0.6 is 0 Å². The van der Waals surface area contributed by atoms with Crippen molar-refractivity contribution in [3.63, 3.8) is 0 Å². The van der Waals surface area contributed by atoms with Gasteiger partial charge in [0, 0.05) is 31.9 Å². The standard InChI is InChI=1S/C24H27N3O2/c1-19-17-26(14-10-20-7-3-2-4-8-20)15-11-22(19)27(23-9-5-6-13-25-23)24(28)21-12-16-29-18-21/h2-9,12-13,16,18-19,22H,10-11,14-15,17H2,1H3/t19-,22+/m1/s1. The van der Waals surface area contributed by atoms with E-state index in [-0.39, 0.29) is 11.9 Å². The molecule has 1 fully saturated rings. The monoisotopic (exact) mass is 389 g/mol. The first-order chi connectivity index (χ1) is 14.2. The Morgan fingerprint density at radius 3 is 2.69 bits per heavy atom. The number of nitrogens with zero attached hydrogens (tertiary/aromatic N) is 3. The predicted molar refractivity (Wildman–Crippen MR) is 114 cm³/mol. The molecule has 29 heavy (non-hydrogen) atoms. The third-order valence-electron chi connectivity index (χ3n) is 5.72. The Labute approximate surface area is 172 Å². The number of aromatic nitrogens is 1. The number of anilines is 1. The molecule has 1 aliphatic heterocycles. The van der Waals surface area contributed by atoms with Crippen LogP contribution in [0.5, 0.6) is 0 Å². The molecule has 1 saturated heterocycles. The first kappa shape index (κ1) is 19.4. The van der Waals surface area contributed by atoms with Gasteiger partial charge >= 0.3 is 0 Å². The minimum atomic E-state index is -0.0490. The fraction of sp³-hybridized carbons (Fsp3) is 0.333. The van der Waals surface area contributed by atoms with Crippen molar-refractivity contribution < 1.29 is 9.21 Å². The first-order valence-electron chi connectivity index (χ1n) is 10.3. The number of benzene rings is 1. The van der Waals surface area contributed by atoms with Crippen molar-refractivity contribution in [3.05, 3.63) is 84.4 Å². The van der Waals surface area contributed by atoms with Crippen LogP contribution in [0.25, 0.3) is 0 Å². The lowest BCUT2D eigenvalue weighted by Gasteiger charge is -2.42. The summed E-state index contributed by atoms with van der Waals surface area (Å²) >= 11 is 0. The molecule has 0 saturated carbocycles. The zero-order valence-electron chi connectivity index (χ0n) is 16.8. The molecule has 3 aromatic rings. The smallest absolute Gasteiger partial charge is 0.262 e. The van der Waals surface area contributed by atoms with Crippen LogP contribution in [0.1, 0.15) is 29.3 Å².